The third kappa shape index (κ3) is 14.7. The van der Waals surface area contributed by atoms with E-state index >= 15 is 0 Å². The Morgan fingerprint density at radius 1 is 0.975 bits per heavy atom. The number of hydrogen-bond donors (Lipinski definition) is 7. The van der Waals surface area contributed by atoms with Crippen LogP contribution in [0.15, 0.2) is 60.3 Å². The van der Waals surface area contributed by atoms with Gasteiger partial charge in [-0.1, -0.05) is 56.4 Å². The summed E-state index contributed by atoms with van der Waals surface area (Å²) in [6.45, 7) is 14.2. The lowest BCUT2D eigenvalue weighted by atomic mass is 9.51. The number of anilines is 3. The first-order valence-corrected chi connectivity index (χ1v) is 29.2. The zero-order valence-electron chi connectivity index (χ0n) is 47.6. The minimum atomic E-state index is -1.19. The Morgan fingerprint density at radius 2 is 1.78 bits per heavy atom. The lowest BCUT2D eigenvalue weighted by Crippen LogP contribution is -2.56. The standard InChI is InChI=1S/C61H80N8O11S/c1-38-29-59(3)34-60(4,36-61(30-38,35-59)78-25-24-77-23-22-76-21-20-68(6)32-40-14-16-49(48(26-40)63-5)79-53-28-42(70)27-50(80-53)56(72)73)37-64-39(2)45(31-62)43-15-17-52(66-54(43)57(74)75)69-19-18-41-10-9-11-44(46(41)33-69)55(71)67-58-65-47-12-7-8-13-51(47)81-58/h8-11,13-17,26,31,38,42,50,53,62-64,70H,7,12,18-25,27-30,32-37H2,1-6H3,(H,72,73)(H,74,75)(H,65,67,71)/b45-39+,62-31?. The van der Waals surface area contributed by atoms with E-state index < -0.39 is 30.4 Å². The minimum Gasteiger partial charge on any atom is -0.479 e. The smallest absolute Gasteiger partial charge is 0.355 e. The molecule has 436 valence electrons. The van der Waals surface area contributed by atoms with E-state index in [1.165, 1.54) is 17.6 Å². The minimum absolute atomic E-state index is 0.0292. The molecule has 2 aliphatic heterocycles. The fourth-order valence-corrected chi connectivity index (χ4v) is 14.4. The summed E-state index contributed by atoms with van der Waals surface area (Å²) in [6, 6.07) is 15.1. The maximum absolute atomic E-state index is 13.7. The van der Waals surface area contributed by atoms with Gasteiger partial charge in [-0.15, -0.1) is 0 Å². The van der Waals surface area contributed by atoms with Crippen molar-refractivity contribution >= 4 is 63.7 Å². The number of thiazole rings is 1. The molecule has 20 heteroatoms. The van der Waals surface area contributed by atoms with Crippen LogP contribution >= 0.6 is 11.3 Å². The first-order valence-electron chi connectivity index (χ1n) is 28.4. The van der Waals surface area contributed by atoms with Crippen molar-refractivity contribution in [3.8, 4) is 5.75 Å². The number of ether oxygens (including phenoxy) is 5. The Labute approximate surface area is 479 Å². The van der Waals surface area contributed by atoms with Crippen LogP contribution in [-0.2, 0) is 49.7 Å². The highest BCUT2D eigenvalue weighted by molar-refractivity contribution is 7.16. The Morgan fingerprint density at radius 3 is 2.54 bits per heavy atom. The maximum atomic E-state index is 13.7. The fraction of sp³-hybridized carbons (Fsp3) is 0.541. The SMILES string of the molecule is CNc1cc(CN(C)CCOCCOCCOC23CC(C)CC(C)(CC(C)(CN/C(C)=C(\C=N)c4ccc(N5CCc6cccc(C(=O)Nc7nc8c(s7)C=CCC8)c6C5)nc4C(=O)O)C2)C3)ccc1OC1CC(O)CC(C(=O)O)O1. The first-order chi connectivity index (χ1) is 38.8. The number of allylic oxidation sites excluding steroid dienone is 3. The summed E-state index contributed by atoms with van der Waals surface area (Å²) in [5, 5.41) is 49.1. The molecule has 2 bridgehead atoms. The molecule has 2 aromatic carbocycles. The zero-order valence-corrected chi connectivity index (χ0v) is 48.4. The van der Waals surface area contributed by atoms with Gasteiger partial charge in [0.05, 0.1) is 61.0 Å². The number of aryl methyl sites for hydroxylation is 1. The molecule has 9 rings (SSSR count). The molecule has 1 saturated heterocycles. The number of hydrogen-bond acceptors (Lipinski definition) is 17. The maximum Gasteiger partial charge on any atom is 0.355 e. The van der Waals surface area contributed by atoms with Gasteiger partial charge in [-0.05, 0) is 135 Å². The van der Waals surface area contributed by atoms with Crippen LogP contribution in [-0.4, -0.2) is 145 Å². The number of carbonyl (C=O) groups excluding carboxylic acids is 1. The lowest BCUT2D eigenvalue weighted by Gasteiger charge is -2.59. The van der Waals surface area contributed by atoms with Gasteiger partial charge in [-0.3, -0.25) is 15.0 Å². The van der Waals surface area contributed by atoms with Crippen LogP contribution in [0, 0.1) is 22.2 Å². The second-order valence-electron chi connectivity index (χ2n) is 23.6. The highest BCUT2D eigenvalue weighted by Gasteiger charge is 2.55. The lowest BCUT2D eigenvalue weighted by molar-refractivity contribution is -0.195. The average molecular weight is 1130 g/mol. The van der Waals surface area contributed by atoms with Gasteiger partial charge in [0.2, 0.25) is 6.29 Å². The van der Waals surface area contributed by atoms with E-state index in [9.17, 15) is 29.7 Å². The number of aliphatic carboxylic acids is 1. The highest BCUT2D eigenvalue weighted by atomic mass is 32.1. The van der Waals surface area contributed by atoms with Gasteiger partial charge >= 0.3 is 11.9 Å². The van der Waals surface area contributed by atoms with Crippen LogP contribution in [0.25, 0.3) is 11.6 Å². The zero-order chi connectivity index (χ0) is 57.5. The van der Waals surface area contributed by atoms with Crippen LogP contribution in [0.2, 0.25) is 0 Å². The predicted octanol–water partition coefficient (Wildman–Crippen LogP) is 8.90. The summed E-state index contributed by atoms with van der Waals surface area (Å²) < 4.78 is 30.4. The number of fused-ring (bicyclic) bond motifs is 4. The molecule has 1 amide bonds. The van der Waals surface area contributed by atoms with E-state index in [1.807, 2.05) is 61.3 Å². The largest absolute Gasteiger partial charge is 0.479 e. The molecule has 4 heterocycles. The Kier molecular flexibility index (Phi) is 19.0. The molecule has 0 spiro atoms. The summed E-state index contributed by atoms with van der Waals surface area (Å²) in [4.78, 5) is 52.8. The summed E-state index contributed by atoms with van der Waals surface area (Å²) >= 11 is 1.47. The van der Waals surface area contributed by atoms with E-state index in [0.717, 1.165) is 77.9 Å². The molecule has 81 heavy (non-hydrogen) atoms. The number of benzene rings is 2. The third-order valence-electron chi connectivity index (χ3n) is 16.4. The van der Waals surface area contributed by atoms with E-state index in [1.54, 1.807) is 13.1 Å². The number of carboxylic acids is 2. The Bertz CT molecular complexity index is 3000. The van der Waals surface area contributed by atoms with Crippen LogP contribution in [0.3, 0.4) is 0 Å². The number of pyridine rings is 1. The summed E-state index contributed by atoms with van der Waals surface area (Å²) in [7, 11) is 3.81. The number of aliphatic hydroxyl groups excluding tert-OH is 1. The van der Waals surface area contributed by atoms with Crippen LogP contribution < -0.4 is 25.6 Å². The number of nitrogens with zero attached hydrogens (tertiary/aromatic N) is 4. The van der Waals surface area contributed by atoms with Crippen LogP contribution in [0.1, 0.15) is 133 Å². The highest BCUT2D eigenvalue weighted by Crippen LogP contribution is 2.60. The number of carbonyl (C=O) groups is 3. The van der Waals surface area contributed by atoms with E-state index in [0.29, 0.717) is 117 Å². The van der Waals surface area contributed by atoms with Crippen LogP contribution in [0.4, 0.5) is 16.6 Å². The van der Waals surface area contributed by atoms with Crippen molar-refractivity contribution in [2.75, 3.05) is 82.3 Å². The van der Waals surface area contributed by atoms with E-state index in [-0.39, 0.29) is 40.9 Å². The number of aromatic carboxylic acids is 1. The number of amides is 1. The Hall–Kier alpha value is -6.26. The van der Waals surface area contributed by atoms with E-state index in [4.69, 9.17) is 34.1 Å². The number of rotatable bonds is 25. The van der Waals surface area contributed by atoms with Gasteiger partial charge in [-0.25, -0.2) is 19.6 Å². The van der Waals surface area contributed by atoms with Crippen molar-refractivity contribution < 1.29 is 53.4 Å². The number of nitrogens with one attached hydrogen (secondary N) is 4. The molecule has 19 nitrogen and oxygen atoms in total. The van der Waals surface area contributed by atoms with Gasteiger partial charge < -0.3 is 59.9 Å². The molecule has 3 aliphatic carbocycles. The van der Waals surface area contributed by atoms with Gasteiger partial charge in [0, 0.05) is 81.2 Å². The van der Waals surface area contributed by atoms with Crippen molar-refractivity contribution in [2.24, 2.45) is 16.7 Å². The number of carboxylic acid groups (broad SMARTS) is 2. The monoisotopic (exact) mass is 1130 g/mol. The molecular weight excluding hydrogens is 1050 g/mol. The molecule has 3 fully saturated rings. The topological polar surface area (TPSA) is 250 Å². The Balaban J connectivity index is 0.744. The van der Waals surface area contributed by atoms with Gasteiger partial charge in [-0.2, -0.15) is 0 Å². The van der Waals surface area contributed by atoms with Crippen molar-refractivity contribution in [3.05, 3.63) is 104 Å². The molecule has 7 N–H and O–H groups in total. The molecule has 2 saturated carbocycles. The molecule has 0 radical (unpaired) electrons. The van der Waals surface area contributed by atoms with E-state index in [2.05, 4.69) is 58.8 Å². The van der Waals surface area contributed by atoms with Crippen LogP contribution in [0.5, 0.6) is 5.75 Å². The summed E-state index contributed by atoms with van der Waals surface area (Å²) in [5.41, 5.74) is 6.25. The second-order valence-corrected chi connectivity index (χ2v) is 24.7. The summed E-state index contributed by atoms with van der Waals surface area (Å²) in [6.07, 6.45) is 10.1. The van der Waals surface area contributed by atoms with Gasteiger partial charge in [0.25, 0.3) is 5.91 Å². The first kappa shape index (κ1) is 59.4. The normalized spacial score (nSPS) is 25.3. The molecule has 4 aromatic rings. The van der Waals surface area contributed by atoms with Crippen molar-refractivity contribution in [1.29, 1.82) is 5.41 Å². The molecular formula is C61H80N8O11S. The third-order valence-corrected chi connectivity index (χ3v) is 17.4. The molecule has 2 aromatic heterocycles. The quantitative estimate of drug-likeness (QED) is 0.0242. The van der Waals surface area contributed by atoms with Crippen molar-refractivity contribution in [1.82, 2.24) is 20.2 Å². The molecule has 7 atom stereocenters. The van der Waals surface area contributed by atoms with Crippen molar-refractivity contribution in [3.63, 3.8) is 0 Å². The summed E-state index contributed by atoms with van der Waals surface area (Å²) in [5.74, 6) is -1.03. The van der Waals surface area contributed by atoms with Gasteiger partial charge in [0.15, 0.2) is 16.9 Å². The number of likely N-dealkylation sites (N-methyl/N-ethyl adjacent to an activating group) is 1. The predicted molar refractivity (Wildman–Crippen MR) is 312 cm³/mol. The van der Waals surface area contributed by atoms with Gasteiger partial charge in [0.1, 0.15) is 11.6 Å². The molecule has 5 aliphatic rings. The molecule has 7 unspecified atom stereocenters. The fourth-order valence-electron chi connectivity index (χ4n) is 13.5. The second kappa shape index (κ2) is 25.9. The van der Waals surface area contributed by atoms with Crippen molar-refractivity contribution in [2.45, 2.75) is 129 Å². The number of aliphatic hydroxyl groups is 1. The average Bonchev–Trinajstić information content (AvgIpc) is 4.04. The number of aromatic nitrogens is 2.